The van der Waals surface area contributed by atoms with Crippen LogP contribution in [0, 0.1) is 5.82 Å². The molecule has 0 aliphatic carbocycles. The first-order chi connectivity index (χ1) is 15.7. The molecule has 2 atom stereocenters. The normalized spacial score (nSPS) is 18.0. The number of hydrogen-bond acceptors (Lipinski definition) is 5. The average molecular weight is 494 g/mol. The molecule has 2 amide bonds. The quantitative estimate of drug-likeness (QED) is 0.658. The molecule has 9 nitrogen and oxygen atoms in total. The molecule has 2 N–H and O–H groups in total. The summed E-state index contributed by atoms with van der Waals surface area (Å²) in [6, 6.07) is 8.14. The summed E-state index contributed by atoms with van der Waals surface area (Å²) < 4.78 is 48.0. The van der Waals surface area contributed by atoms with Gasteiger partial charge in [-0.3, -0.25) is 14.0 Å². The Bertz CT molecular complexity index is 1190. The summed E-state index contributed by atoms with van der Waals surface area (Å²) in [4.78, 5) is 24.4. The highest BCUT2D eigenvalue weighted by molar-refractivity contribution is 7.92. The van der Waals surface area contributed by atoms with E-state index in [1.54, 1.807) is 27.7 Å². The van der Waals surface area contributed by atoms with Crippen LogP contribution in [-0.2, 0) is 14.8 Å². The number of nitrogens with one attached hydrogen (secondary N) is 1. The van der Waals surface area contributed by atoms with E-state index in [1.807, 2.05) is 0 Å². The molecular weight excluding hydrogens is 465 g/mol. The van der Waals surface area contributed by atoms with E-state index in [9.17, 15) is 27.5 Å². The van der Waals surface area contributed by atoms with E-state index in [4.69, 9.17) is 4.74 Å². The number of carbonyl (C=O) groups excluding carboxylic acids is 1. The maximum absolute atomic E-state index is 13.7. The average Bonchev–Trinajstić information content (AvgIpc) is 2.71. The fraction of sp³-hybridized carbons (Fsp3) is 0.391. The second kappa shape index (κ2) is 9.13. The molecule has 0 aromatic heterocycles. The van der Waals surface area contributed by atoms with E-state index in [0.717, 1.165) is 33.5 Å². The van der Waals surface area contributed by atoms with Gasteiger partial charge in [-0.25, -0.2) is 17.6 Å². The van der Waals surface area contributed by atoms with Crippen molar-refractivity contribution in [1.82, 2.24) is 5.32 Å². The number of amides is 2. The number of anilines is 2. The standard InChI is InChI=1S/C23H28FN3O6S/c1-14-21(13-25-15(2)28)33-20-11-8-17(26(22(29)30)23(3,4)5)12-19(20)27(14)34(31,32)18-9-6-16(24)7-10-18/h6-12,14,21H,13H2,1-5H3,(H,25,28)(H,29,30). The molecule has 1 aliphatic heterocycles. The zero-order chi connectivity index (χ0) is 25.4. The summed E-state index contributed by atoms with van der Waals surface area (Å²) >= 11 is 0. The number of ether oxygens (including phenoxy) is 1. The maximum Gasteiger partial charge on any atom is 0.412 e. The summed E-state index contributed by atoms with van der Waals surface area (Å²) in [6.07, 6.45) is -1.93. The summed E-state index contributed by atoms with van der Waals surface area (Å²) in [5.41, 5.74) is -0.409. The van der Waals surface area contributed by atoms with E-state index in [1.165, 1.54) is 25.1 Å². The zero-order valence-corrected chi connectivity index (χ0v) is 20.4. The topological polar surface area (TPSA) is 116 Å². The number of hydrogen-bond donors (Lipinski definition) is 2. The molecule has 0 radical (unpaired) electrons. The predicted octanol–water partition coefficient (Wildman–Crippen LogP) is 3.59. The van der Waals surface area contributed by atoms with E-state index in [-0.39, 0.29) is 34.5 Å². The molecule has 2 unspecified atom stereocenters. The van der Waals surface area contributed by atoms with Crippen LogP contribution in [0.15, 0.2) is 47.4 Å². The largest absolute Gasteiger partial charge is 0.484 e. The fourth-order valence-corrected chi connectivity index (χ4v) is 5.54. The first kappa shape index (κ1) is 25.3. The number of carbonyl (C=O) groups is 2. The van der Waals surface area contributed by atoms with Gasteiger partial charge in [0, 0.05) is 12.5 Å². The van der Waals surface area contributed by atoms with Gasteiger partial charge >= 0.3 is 6.09 Å². The molecule has 3 rings (SSSR count). The fourth-order valence-electron chi connectivity index (χ4n) is 3.86. The highest BCUT2D eigenvalue weighted by Gasteiger charge is 2.41. The van der Waals surface area contributed by atoms with Crippen LogP contribution in [0.5, 0.6) is 5.75 Å². The van der Waals surface area contributed by atoms with E-state index >= 15 is 0 Å². The Balaban J connectivity index is 2.18. The molecular formula is C23H28FN3O6S. The molecule has 0 fully saturated rings. The Morgan fingerprint density at radius 3 is 2.32 bits per heavy atom. The van der Waals surface area contributed by atoms with Gasteiger partial charge in [-0.15, -0.1) is 0 Å². The van der Waals surface area contributed by atoms with Crippen LogP contribution in [0.1, 0.15) is 34.6 Å². The Kier molecular flexibility index (Phi) is 6.79. The lowest BCUT2D eigenvalue weighted by atomic mass is 10.0. The zero-order valence-electron chi connectivity index (χ0n) is 19.6. The molecule has 34 heavy (non-hydrogen) atoms. The van der Waals surface area contributed by atoms with Gasteiger partial charge in [0.25, 0.3) is 10.0 Å². The lowest BCUT2D eigenvalue weighted by Gasteiger charge is -2.42. The SMILES string of the molecule is CC(=O)NCC1Oc2ccc(N(C(=O)O)C(C)(C)C)cc2N(S(=O)(=O)c2ccc(F)cc2)C1C. The number of nitrogens with zero attached hydrogens (tertiary/aromatic N) is 2. The van der Waals surface area contributed by atoms with Crippen LogP contribution in [0.25, 0.3) is 0 Å². The minimum atomic E-state index is -4.20. The van der Waals surface area contributed by atoms with Crippen LogP contribution in [0.2, 0.25) is 0 Å². The van der Waals surface area contributed by atoms with Crippen LogP contribution in [0.4, 0.5) is 20.6 Å². The van der Waals surface area contributed by atoms with Crippen molar-refractivity contribution in [1.29, 1.82) is 0 Å². The number of rotatable bonds is 5. The lowest BCUT2D eigenvalue weighted by molar-refractivity contribution is -0.119. The van der Waals surface area contributed by atoms with Crippen molar-refractivity contribution in [2.24, 2.45) is 0 Å². The summed E-state index contributed by atoms with van der Waals surface area (Å²) in [7, 11) is -4.20. The van der Waals surface area contributed by atoms with E-state index in [0.29, 0.717) is 0 Å². The molecule has 184 valence electrons. The minimum absolute atomic E-state index is 0.0520. The Morgan fingerprint density at radius 2 is 1.79 bits per heavy atom. The Morgan fingerprint density at radius 1 is 1.18 bits per heavy atom. The molecule has 1 heterocycles. The Hall–Kier alpha value is -3.34. The third kappa shape index (κ3) is 4.93. The highest BCUT2D eigenvalue weighted by Crippen LogP contribution is 2.43. The number of halogens is 1. The van der Waals surface area contributed by atoms with Crippen molar-refractivity contribution in [2.45, 2.75) is 57.2 Å². The van der Waals surface area contributed by atoms with Crippen LogP contribution < -0.4 is 19.3 Å². The number of carboxylic acid groups (broad SMARTS) is 1. The number of benzene rings is 2. The number of fused-ring (bicyclic) bond motifs is 1. The van der Waals surface area contributed by atoms with Crippen LogP contribution >= 0.6 is 0 Å². The van der Waals surface area contributed by atoms with Crippen molar-refractivity contribution >= 4 is 33.4 Å². The van der Waals surface area contributed by atoms with Gasteiger partial charge in [-0.2, -0.15) is 0 Å². The van der Waals surface area contributed by atoms with Crippen molar-refractivity contribution in [3.63, 3.8) is 0 Å². The van der Waals surface area contributed by atoms with Crippen LogP contribution in [0.3, 0.4) is 0 Å². The predicted molar refractivity (Wildman–Crippen MR) is 125 cm³/mol. The van der Waals surface area contributed by atoms with Gasteiger partial charge in [-0.1, -0.05) is 0 Å². The van der Waals surface area contributed by atoms with E-state index in [2.05, 4.69) is 5.32 Å². The molecule has 0 bridgehead atoms. The van der Waals surface area contributed by atoms with Gasteiger partial charge in [0.05, 0.1) is 28.9 Å². The van der Waals surface area contributed by atoms with Gasteiger partial charge in [0.15, 0.2) is 0 Å². The maximum atomic E-state index is 13.7. The second-order valence-corrected chi connectivity index (χ2v) is 10.8. The molecule has 2 aromatic carbocycles. The molecule has 0 saturated carbocycles. The monoisotopic (exact) mass is 493 g/mol. The van der Waals surface area contributed by atoms with Gasteiger partial charge < -0.3 is 15.2 Å². The van der Waals surface area contributed by atoms with Crippen LogP contribution in [-0.4, -0.2) is 49.8 Å². The van der Waals surface area contributed by atoms with Gasteiger partial charge in [0.1, 0.15) is 17.7 Å². The summed E-state index contributed by atoms with van der Waals surface area (Å²) in [6.45, 7) is 8.18. The summed E-state index contributed by atoms with van der Waals surface area (Å²) in [5.74, 6) is -0.670. The molecule has 0 spiro atoms. The van der Waals surface area contributed by atoms with Crippen molar-refractivity contribution < 1.29 is 32.2 Å². The molecule has 2 aromatic rings. The van der Waals surface area contributed by atoms with Crippen molar-refractivity contribution in [2.75, 3.05) is 15.7 Å². The highest BCUT2D eigenvalue weighted by atomic mass is 32.2. The molecule has 11 heteroatoms. The van der Waals surface area contributed by atoms with E-state index < -0.39 is 39.6 Å². The Labute approximate surface area is 198 Å². The van der Waals surface area contributed by atoms with Gasteiger partial charge in [-0.05, 0) is 70.2 Å². The smallest absolute Gasteiger partial charge is 0.412 e. The third-order valence-electron chi connectivity index (χ3n) is 5.41. The second-order valence-electron chi connectivity index (χ2n) is 9.03. The first-order valence-electron chi connectivity index (χ1n) is 10.6. The lowest BCUT2D eigenvalue weighted by Crippen LogP contribution is -2.54. The molecule has 0 saturated heterocycles. The van der Waals surface area contributed by atoms with Crippen molar-refractivity contribution in [3.05, 3.63) is 48.3 Å². The summed E-state index contributed by atoms with van der Waals surface area (Å²) in [5, 5.41) is 12.4. The first-order valence-corrected chi connectivity index (χ1v) is 12.1. The minimum Gasteiger partial charge on any atom is -0.484 e. The molecule has 1 aliphatic rings. The number of sulfonamides is 1. The van der Waals surface area contributed by atoms with Crippen molar-refractivity contribution in [3.8, 4) is 5.75 Å². The van der Waals surface area contributed by atoms with Gasteiger partial charge in [0.2, 0.25) is 5.91 Å². The third-order valence-corrected chi connectivity index (χ3v) is 7.32.